The molecule has 586 valence electrons. The molecule has 0 saturated carbocycles. The van der Waals surface area contributed by atoms with Crippen LogP contribution in [0.1, 0.15) is 72.7 Å². The van der Waals surface area contributed by atoms with Crippen LogP contribution >= 0.6 is 34.0 Å². The fourth-order valence-corrected chi connectivity index (χ4v) is 17.8. The van der Waals surface area contributed by atoms with Crippen LogP contribution in [0.4, 0.5) is 28.6 Å². The molecule has 12 heterocycles. The predicted octanol–water partition coefficient (Wildman–Crippen LogP) is 15.9. The van der Waals surface area contributed by atoms with Gasteiger partial charge in [-0.25, -0.2) is 52.7 Å². The second-order valence-electron chi connectivity index (χ2n) is 29.1. The van der Waals surface area contributed by atoms with E-state index in [0.29, 0.717) is 37.4 Å². The SMILES string of the molecule is Fc1ccc(Cn2c(CC3CCN(CCNc4nc5cnccc5s4)CC3)nc3ccccc32)cc1.Fc1ccc(Cn2c(CC3CCN(CCNc4nc5cnccc5s4)CC3)nc3ccccc32)cc1.Fc1ccc(Cn2c(CC3CCN(CCNc4nc5cnccc5s4)CC3)nc3ccccc32)cc1.O=C(O)C(=O)O. The van der Waals surface area contributed by atoms with Gasteiger partial charge >= 0.3 is 11.9 Å². The van der Waals surface area contributed by atoms with Crippen LogP contribution in [-0.4, -0.2) is 174 Å². The summed E-state index contributed by atoms with van der Waals surface area (Å²) in [5, 5.41) is 28.1. The van der Waals surface area contributed by atoms with Gasteiger partial charge in [0.25, 0.3) is 0 Å². The number of aromatic nitrogens is 12. The molecule has 28 heteroatoms. The number of fused-ring (bicyclic) bond motifs is 6. The molecular formula is C86H89F3N18O4S3. The van der Waals surface area contributed by atoms with Crippen LogP contribution in [-0.2, 0) is 48.5 Å². The molecule has 3 saturated heterocycles. The van der Waals surface area contributed by atoms with Gasteiger partial charge in [-0.2, -0.15) is 0 Å². The second kappa shape index (κ2) is 37.7. The fraction of sp³-hybridized carbons (Fsp3) is 0.314. The van der Waals surface area contributed by atoms with Crippen molar-refractivity contribution in [1.29, 1.82) is 0 Å². The Bertz CT molecular complexity index is 5030. The molecule has 3 fully saturated rings. The number of para-hydroxylation sites is 6. The lowest BCUT2D eigenvalue weighted by Gasteiger charge is -2.31. The molecule has 22 nitrogen and oxygen atoms in total. The summed E-state index contributed by atoms with van der Waals surface area (Å²) in [5.41, 5.74) is 12.7. The van der Waals surface area contributed by atoms with E-state index in [2.05, 4.69) is 129 Å². The zero-order valence-electron chi connectivity index (χ0n) is 63.0. The molecule has 0 radical (unpaired) electrons. The zero-order chi connectivity index (χ0) is 78.1. The van der Waals surface area contributed by atoms with Crippen LogP contribution in [0.2, 0.25) is 0 Å². The number of carboxylic acids is 2. The van der Waals surface area contributed by atoms with E-state index in [1.165, 1.54) is 89.0 Å². The van der Waals surface area contributed by atoms with E-state index in [4.69, 9.17) is 34.8 Å². The summed E-state index contributed by atoms with van der Waals surface area (Å²) in [7, 11) is 0. The molecule has 3 aliphatic rings. The summed E-state index contributed by atoms with van der Waals surface area (Å²) in [6, 6.07) is 51.4. The number of pyridine rings is 3. The standard InChI is InChI=1S/3C28H29FN6S.C2H2O4/c3*29-22-7-5-21(6-8-22)19-35-25-4-2-1-3-23(25)32-27(35)17-20-10-14-34(15-11-20)16-13-31-28-33-24-18-30-12-9-26(24)36-28;3-1(4)2(5)6/h3*1-9,12,18,20H,10-11,13-17,19H2,(H,31,33);(H,3,4)(H,5,6). The number of thiazole rings is 3. The molecular weight excluding hydrogens is 1500 g/mol. The lowest BCUT2D eigenvalue weighted by molar-refractivity contribution is -0.159. The summed E-state index contributed by atoms with van der Waals surface area (Å²) in [6.07, 6.45) is 20.8. The van der Waals surface area contributed by atoms with Crippen molar-refractivity contribution in [1.82, 2.24) is 73.3 Å². The van der Waals surface area contributed by atoms with Gasteiger partial charge in [0.1, 0.15) is 51.5 Å². The number of halogens is 3. The van der Waals surface area contributed by atoms with Gasteiger partial charge in [-0.05, 0) is 203 Å². The maximum Gasteiger partial charge on any atom is 0.414 e. The summed E-state index contributed by atoms with van der Waals surface area (Å²) in [5.74, 6) is 1.00. The lowest BCUT2D eigenvalue weighted by atomic mass is 9.93. The van der Waals surface area contributed by atoms with Crippen LogP contribution in [0.15, 0.2) is 201 Å². The predicted molar refractivity (Wildman–Crippen MR) is 447 cm³/mol. The maximum absolute atomic E-state index is 13.4. The molecule has 0 aliphatic carbocycles. The highest BCUT2D eigenvalue weighted by Gasteiger charge is 2.27. The minimum Gasteiger partial charge on any atom is -0.473 e. The number of rotatable bonds is 24. The van der Waals surface area contributed by atoms with Crippen LogP contribution in [0.5, 0.6) is 0 Å². The number of aliphatic carboxylic acids is 2. The van der Waals surface area contributed by atoms with Crippen LogP contribution in [0.25, 0.3) is 63.8 Å². The molecule has 15 aromatic rings. The average molecular weight is 1590 g/mol. The van der Waals surface area contributed by atoms with Gasteiger partial charge in [0, 0.05) is 96.8 Å². The first-order chi connectivity index (χ1) is 55.8. The van der Waals surface area contributed by atoms with Crippen LogP contribution < -0.4 is 16.0 Å². The number of benzene rings is 6. The highest BCUT2D eigenvalue weighted by Crippen LogP contribution is 2.32. The van der Waals surface area contributed by atoms with Gasteiger partial charge in [-0.15, -0.1) is 0 Å². The first-order valence-corrected chi connectivity index (χ1v) is 41.2. The van der Waals surface area contributed by atoms with Crippen LogP contribution in [0.3, 0.4) is 0 Å². The quantitative estimate of drug-likeness (QED) is 0.0353. The van der Waals surface area contributed by atoms with Gasteiger partial charge in [0.05, 0.1) is 65.8 Å². The first-order valence-electron chi connectivity index (χ1n) is 38.8. The summed E-state index contributed by atoms with van der Waals surface area (Å²) in [6.45, 7) is 14.5. The minimum atomic E-state index is -1.82. The van der Waals surface area contributed by atoms with Gasteiger partial charge in [0.15, 0.2) is 15.4 Å². The largest absolute Gasteiger partial charge is 0.473 e. The molecule has 114 heavy (non-hydrogen) atoms. The Kier molecular flexibility index (Phi) is 25.8. The third kappa shape index (κ3) is 20.6. The summed E-state index contributed by atoms with van der Waals surface area (Å²) >= 11 is 5.04. The fourth-order valence-electron chi connectivity index (χ4n) is 15.2. The van der Waals surface area contributed by atoms with E-state index in [-0.39, 0.29) is 17.5 Å². The first kappa shape index (κ1) is 78.1. The maximum atomic E-state index is 13.4. The number of hydrogen-bond acceptors (Lipinski definition) is 20. The van der Waals surface area contributed by atoms with E-state index < -0.39 is 11.9 Å². The number of hydrogen-bond donors (Lipinski definition) is 5. The van der Waals surface area contributed by atoms with Crippen molar-refractivity contribution in [3.63, 3.8) is 0 Å². The van der Waals surface area contributed by atoms with Crippen molar-refractivity contribution < 1.29 is 33.0 Å². The number of carboxylic acid groups (broad SMARTS) is 2. The topological polar surface area (TPSA) is 251 Å². The van der Waals surface area contributed by atoms with Crippen molar-refractivity contribution in [3.8, 4) is 0 Å². The van der Waals surface area contributed by atoms with E-state index in [9.17, 15) is 13.2 Å². The van der Waals surface area contributed by atoms with Crippen molar-refractivity contribution in [2.75, 3.05) is 94.5 Å². The van der Waals surface area contributed by atoms with Gasteiger partial charge in [-0.1, -0.05) is 107 Å². The molecule has 9 aromatic heterocycles. The summed E-state index contributed by atoms with van der Waals surface area (Å²) in [4.78, 5) is 67.1. The van der Waals surface area contributed by atoms with E-state index in [1.54, 1.807) is 34.0 Å². The normalized spacial score (nSPS) is 14.7. The summed E-state index contributed by atoms with van der Waals surface area (Å²) < 4.78 is 50.7. The third-order valence-electron chi connectivity index (χ3n) is 21.4. The average Bonchev–Trinajstić information content (AvgIpc) is 1.65. The Hall–Kier alpha value is -11.1. The molecule has 0 unspecified atom stereocenters. The molecule has 0 spiro atoms. The Morgan fingerprint density at radius 1 is 0.360 bits per heavy atom. The number of piperidine rings is 3. The number of carbonyl (C=O) groups is 2. The van der Waals surface area contributed by atoms with Gasteiger partial charge in [-0.3, -0.25) is 15.0 Å². The number of imidazole rings is 3. The highest BCUT2D eigenvalue weighted by atomic mass is 32.1. The monoisotopic (exact) mass is 1590 g/mol. The Balaban J connectivity index is 0.000000130. The Labute approximate surface area is 669 Å². The van der Waals surface area contributed by atoms with Crippen molar-refractivity contribution in [2.24, 2.45) is 17.8 Å². The number of nitrogens with zero attached hydrogens (tertiary/aromatic N) is 15. The van der Waals surface area contributed by atoms with Gasteiger partial charge < -0.3 is 54.6 Å². The molecule has 5 N–H and O–H groups in total. The minimum absolute atomic E-state index is 0.200. The van der Waals surface area contributed by atoms with Crippen LogP contribution in [0, 0.1) is 35.2 Å². The molecule has 3 aliphatic heterocycles. The number of nitrogens with one attached hydrogen (secondary N) is 3. The van der Waals surface area contributed by atoms with Crippen molar-refractivity contribution in [3.05, 3.63) is 253 Å². The molecule has 0 bridgehead atoms. The van der Waals surface area contributed by atoms with E-state index in [0.717, 1.165) is 197 Å². The smallest absolute Gasteiger partial charge is 0.414 e. The third-order valence-corrected chi connectivity index (χ3v) is 24.3. The lowest BCUT2D eigenvalue weighted by Crippen LogP contribution is -2.37. The van der Waals surface area contributed by atoms with Crippen molar-refractivity contribution in [2.45, 2.75) is 77.4 Å². The molecule has 18 rings (SSSR count). The Morgan fingerprint density at radius 2 is 0.632 bits per heavy atom. The zero-order valence-corrected chi connectivity index (χ0v) is 65.5. The molecule has 6 aromatic carbocycles. The molecule has 0 amide bonds. The second-order valence-corrected chi connectivity index (χ2v) is 32.2. The van der Waals surface area contributed by atoms with Gasteiger partial charge in [0.2, 0.25) is 0 Å². The van der Waals surface area contributed by atoms with E-state index in [1.807, 2.05) is 110 Å². The Morgan fingerprint density at radius 3 is 0.895 bits per heavy atom. The van der Waals surface area contributed by atoms with E-state index >= 15 is 0 Å². The highest BCUT2D eigenvalue weighted by molar-refractivity contribution is 7.22. The van der Waals surface area contributed by atoms with Crippen molar-refractivity contribution >= 4 is 125 Å². The number of likely N-dealkylation sites (tertiary alicyclic amines) is 3. The number of anilines is 3. The molecule has 0 atom stereocenters.